The van der Waals surface area contributed by atoms with Crippen LogP contribution >= 0.6 is 0 Å². The number of hydrogen-bond donors (Lipinski definition) is 2. The molecule has 6 heteroatoms. The van der Waals surface area contributed by atoms with Gasteiger partial charge in [0.2, 0.25) is 0 Å². The molecule has 98 valence electrons. The van der Waals surface area contributed by atoms with Crippen LogP contribution < -0.4 is 5.48 Å². The first kappa shape index (κ1) is 12.2. The van der Waals surface area contributed by atoms with Gasteiger partial charge in [-0.3, -0.25) is 20.0 Å². The van der Waals surface area contributed by atoms with Crippen molar-refractivity contribution in [3.05, 3.63) is 54.5 Å². The van der Waals surface area contributed by atoms with Crippen molar-refractivity contribution in [2.75, 3.05) is 0 Å². The predicted molar refractivity (Wildman–Crippen MR) is 72.0 cm³/mol. The summed E-state index contributed by atoms with van der Waals surface area (Å²) in [5.41, 5.74) is 4.68. The molecule has 0 bridgehead atoms. The highest BCUT2D eigenvalue weighted by Crippen LogP contribution is 2.18. The van der Waals surface area contributed by atoms with Gasteiger partial charge in [0.1, 0.15) is 0 Å². The SMILES string of the molecule is O=C(NO)c1ccc2ncc(-c3cccnc3)nc2c1. The lowest BCUT2D eigenvalue weighted by Gasteiger charge is -2.04. The zero-order chi connectivity index (χ0) is 13.9. The fourth-order valence-electron chi connectivity index (χ4n) is 1.87. The van der Waals surface area contributed by atoms with Crippen LogP contribution in [0.15, 0.2) is 48.9 Å². The fraction of sp³-hybridized carbons (Fsp3) is 0. The van der Waals surface area contributed by atoms with E-state index < -0.39 is 5.91 Å². The number of hydrogen-bond acceptors (Lipinski definition) is 5. The van der Waals surface area contributed by atoms with Crippen molar-refractivity contribution in [1.82, 2.24) is 20.4 Å². The molecule has 0 saturated heterocycles. The number of carbonyl (C=O) groups is 1. The summed E-state index contributed by atoms with van der Waals surface area (Å²) in [6, 6.07) is 8.53. The lowest BCUT2D eigenvalue weighted by Crippen LogP contribution is -2.18. The van der Waals surface area contributed by atoms with Gasteiger partial charge in [-0.2, -0.15) is 0 Å². The van der Waals surface area contributed by atoms with E-state index in [2.05, 4.69) is 15.0 Å². The molecule has 0 aliphatic rings. The number of nitrogens with one attached hydrogen (secondary N) is 1. The van der Waals surface area contributed by atoms with Crippen LogP contribution in [0.3, 0.4) is 0 Å². The second-order valence-corrected chi connectivity index (χ2v) is 4.14. The number of aromatic nitrogens is 3. The van der Waals surface area contributed by atoms with E-state index in [9.17, 15) is 4.79 Å². The number of pyridine rings is 1. The molecule has 2 aromatic heterocycles. The second-order valence-electron chi connectivity index (χ2n) is 4.14. The van der Waals surface area contributed by atoms with E-state index in [4.69, 9.17) is 5.21 Å². The fourth-order valence-corrected chi connectivity index (χ4v) is 1.87. The highest BCUT2D eigenvalue weighted by atomic mass is 16.5. The van der Waals surface area contributed by atoms with Gasteiger partial charge in [-0.25, -0.2) is 10.5 Å². The molecule has 0 unspecified atom stereocenters. The van der Waals surface area contributed by atoms with Crippen LogP contribution in [-0.4, -0.2) is 26.1 Å². The van der Waals surface area contributed by atoms with Crippen LogP contribution in [0.5, 0.6) is 0 Å². The molecule has 0 radical (unpaired) electrons. The van der Waals surface area contributed by atoms with E-state index in [1.165, 1.54) is 0 Å². The molecule has 0 aliphatic heterocycles. The molecular formula is C14H10N4O2. The van der Waals surface area contributed by atoms with Crippen molar-refractivity contribution in [3.63, 3.8) is 0 Å². The third-order valence-corrected chi connectivity index (χ3v) is 2.86. The van der Waals surface area contributed by atoms with Crippen molar-refractivity contribution in [1.29, 1.82) is 0 Å². The minimum absolute atomic E-state index is 0.317. The van der Waals surface area contributed by atoms with E-state index >= 15 is 0 Å². The lowest BCUT2D eigenvalue weighted by atomic mass is 10.1. The van der Waals surface area contributed by atoms with Crippen LogP contribution in [0.4, 0.5) is 0 Å². The minimum Gasteiger partial charge on any atom is -0.288 e. The first-order chi connectivity index (χ1) is 9.78. The minimum atomic E-state index is -0.583. The quantitative estimate of drug-likeness (QED) is 0.545. The van der Waals surface area contributed by atoms with Crippen LogP contribution in [0.25, 0.3) is 22.3 Å². The molecule has 1 aromatic carbocycles. The average Bonchev–Trinajstić information content (AvgIpc) is 2.54. The van der Waals surface area contributed by atoms with Crippen molar-refractivity contribution in [3.8, 4) is 11.3 Å². The Morgan fingerprint density at radius 2 is 2.05 bits per heavy atom. The molecule has 0 saturated carbocycles. The number of rotatable bonds is 2. The van der Waals surface area contributed by atoms with Crippen LogP contribution in [-0.2, 0) is 0 Å². The monoisotopic (exact) mass is 266 g/mol. The number of benzene rings is 1. The van der Waals surface area contributed by atoms with Crippen molar-refractivity contribution < 1.29 is 10.0 Å². The number of hydroxylamine groups is 1. The van der Waals surface area contributed by atoms with Gasteiger partial charge >= 0.3 is 0 Å². The smallest absolute Gasteiger partial charge is 0.274 e. The predicted octanol–water partition coefficient (Wildman–Crippen LogP) is 1.81. The Balaban J connectivity index is 2.12. The first-order valence-corrected chi connectivity index (χ1v) is 5.89. The zero-order valence-corrected chi connectivity index (χ0v) is 10.3. The molecule has 0 spiro atoms. The van der Waals surface area contributed by atoms with Crippen molar-refractivity contribution in [2.24, 2.45) is 0 Å². The standard InChI is InChI=1S/C14H10N4O2/c19-14(18-20)9-3-4-11-12(6-9)17-13(8-16-11)10-2-1-5-15-7-10/h1-8,20H,(H,18,19). The Kier molecular flexibility index (Phi) is 3.06. The highest BCUT2D eigenvalue weighted by Gasteiger charge is 2.07. The van der Waals surface area contributed by atoms with Crippen molar-refractivity contribution >= 4 is 16.9 Å². The van der Waals surface area contributed by atoms with Gasteiger partial charge < -0.3 is 0 Å². The molecule has 1 amide bonds. The van der Waals surface area contributed by atoms with Crippen molar-refractivity contribution in [2.45, 2.75) is 0 Å². The Bertz CT molecular complexity index is 774. The molecule has 0 fully saturated rings. The molecule has 3 aromatic rings. The Morgan fingerprint density at radius 3 is 2.80 bits per heavy atom. The molecule has 2 N–H and O–H groups in total. The summed E-state index contributed by atoms with van der Waals surface area (Å²) in [6.45, 7) is 0. The van der Waals surface area contributed by atoms with E-state index in [1.54, 1.807) is 42.3 Å². The molecular weight excluding hydrogens is 256 g/mol. The molecule has 20 heavy (non-hydrogen) atoms. The van der Waals surface area contributed by atoms with E-state index in [0.29, 0.717) is 22.3 Å². The molecule has 0 atom stereocenters. The van der Waals surface area contributed by atoms with Crippen LogP contribution in [0.1, 0.15) is 10.4 Å². The zero-order valence-electron chi connectivity index (χ0n) is 10.3. The van der Waals surface area contributed by atoms with E-state index in [-0.39, 0.29) is 0 Å². The van der Waals surface area contributed by atoms with Gasteiger partial charge in [0, 0.05) is 23.5 Å². The summed E-state index contributed by atoms with van der Waals surface area (Å²) >= 11 is 0. The summed E-state index contributed by atoms with van der Waals surface area (Å²) in [6.07, 6.45) is 5.03. The van der Waals surface area contributed by atoms with Gasteiger partial charge in [0.05, 0.1) is 22.9 Å². The summed E-state index contributed by atoms with van der Waals surface area (Å²) in [5, 5.41) is 8.65. The Labute approximate surface area is 114 Å². The molecule has 2 heterocycles. The maximum Gasteiger partial charge on any atom is 0.274 e. The third kappa shape index (κ3) is 2.19. The summed E-state index contributed by atoms with van der Waals surface area (Å²) in [7, 11) is 0. The van der Waals surface area contributed by atoms with Gasteiger partial charge in [-0.15, -0.1) is 0 Å². The molecule has 6 nitrogen and oxygen atoms in total. The van der Waals surface area contributed by atoms with Gasteiger partial charge in [-0.05, 0) is 30.3 Å². The molecule has 3 rings (SSSR count). The number of amides is 1. The highest BCUT2D eigenvalue weighted by molar-refractivity contribution is 5.96. The number of carbonyl (C=O) groups excluding carboxylic acids is 1. The summed E-state index contributed by atoms with van der Waals surface area (Å²) in [4.78, 5) is 24.2. The third-order valence-electron chi connectivity index (χ3n) is 2.86. The van der Waals surface area contributed by atoms with E-state index in [0.717, 1.165) is 5.56 Å². The Hall–Kier alpha value is -2.86. The number of fused-ring (bicyclic) bond motifs is 1. The summed E-state index contributed by atoms with van der Waals surface area (Å²) < 4.78 is 0. The van der Waals surface area contributed by atoms with Crippen LogP contribution in [0.2, 0.25) is 0 Å². The lowest BCUT2D eigenvalue weighted by molar-refractivity contribution is 0.0706. The van der Waals surface area contributed by atoms with Gasteiger partial charge in [0.25, 0.3) is 5.91 Å². The van der Waals surface area contributed by atoms with Gasteiger partial charge in [0.15, 0.2) is 0 Å². The topological polar surface area (TPSA) is 88.0 Å². The maximum atomic E-state index is 11.4. The summed E-state index contributed by atoms with van der Waals surface area (Å²) in [5.74, 6) is -0.583. The van der Waals surface area contributed by atoms with Crippen LogP contribution in [0, 0.1) is 0 Å². The normalized spacial score (nSPS) is 10.4. The van der Waals surface area contributed by atoms with E-state index in [1.807, 2.05) is 12.1 Å². The maximum absolute atomic E-state index is 11.4. The molecule has 0 aliphatic carbocycles. The first-order valence-electron chi connectivity index (χ1n) is 5.89. The Morgan fingerprint density at radius 1 is 1.15 bits per heavy atom. The van der Waals surface area contributed by atoms with Gasteiger partial charge in [-0.1, -0.05) is 0 Å². The second kappa shape index (κ2) is 5.02. The largest absolute Gasteiger partial charge is 0.288 e. The number of nitrogens with zero attached hydrogens (tertiary/aromatic N) is 3. The average molecular weight is 266 g/mol.